The topological polar surface area (TPSA) is 15.3 Å². The van der Waals surface area contributed by atoms with Crippen molar-refractivity contribution < 1.29 is 0 Å². The van der Waals surface area contributed by atoms with Crippen LogP contribution in [0.15, 0.2) is 30.3 Å². The highest BCUT2D eigenvalue weighted by atomic mass is 15.2. The van der Waals surface area contributed by atoms with Gasteiger partial charge in [-0.25, -0.2) is 0 Å². The summed E-state index contributed by atoms with van der Waals surface area (Å²) in [7, 11) is 0. The first-order valence-corrected chi connectivity index (χ1v) is 8.91. The summed E-state index contributed by atoms with van der Waals surface area (Å²) < 4.78 is 0. The van der Waals surface area contributed by atoms with Crippen molar-refractivity contribution in [3.63, 3.8) is 0 Å². The van der Waals surface area contributed by atoms with Gasteiger partial charge in [0.1, 0.15) is 0 Å². The molecule has 118 valence electrons. The number of nitrogens with one attached hydrogen (secondary N) is 1. The van der Waals surface area contributed by atoms with Crippen molar-refractivity contribution in [2.75, 3.05) is 26.2 Å². The fraction of sp³-hybridized carbons (Fsp3) is 0.684. The van der Waals surface area contributed by atoms with Gasteiger partial charge in [-0.15, -0.1) is 0 Å². The van der Waals surface area contributed by atoms with Gasteiger partial charge in [0.05, 0.1) is 0 Å². The van der Waals surface area contributed by atoms with E-state index in [1.807, 2.05) is 0 Å². The third-order valence-electron chi connectivity index (χ3n) is 4.54. The number of benzene rings is 1. The van der Waals surface area contributed by atoms with E-state index in [1.165, 1.54) is 70.1 Å². The molecule has 0 amide bonds. The first kappa shape index (κ1) is 16.5. The second-order valence-electron chi connectivity index (χ2n) is 6.34. The van der Waals surface area contributed by atoms with Crippen LogP contribution in [0, 0.1) is 0 Å². The van der Waals surface area contributed by atoms with Crippen molar-refractivity contribution in [2.45, 2.75) is 57.9 Å². The monoisotopic (exact) mass is 288 g/mol. The van der Waals surface area contributed by atoms with E-state index in [-0.39, 0.29) is 0 Å². The highest BCUT2D eigenvalue weighted by Crippen LogP contribution is 2.17. The molecule has 1 N–H and O–H groups in total. The summed E-state index contributed by atoms with van der Waals surface area (Å²) in [6.45, 7) is 7.06. The Morgan fingerprint density at radius 3 is 2.48 bits per heavy atom. The number of piperazine rings is 1. The molecule has 1 atom stereocenters. The average molecular weight is 288 g/mol. The molecule has 1 aromatic carbocycles. The van der Waals surface area contributed by atoms with Crippen LogP contribution in [0.25, 0.3) is 0 Å². The molecule has 0 aliphatic carbocycles. The van der Waals surface area contributed by atoms with E-state index in [4.69, 9.17) is 0 Å². The van der Waals surface area contributed by atoms with Gasteiger partial charge in [0, 0.05) is 25.7 Å². The highest BCUT2D eigenvalue weighted by molar-refractivity contribution is 5.19. The molecule has 0 radical (unpaired) electrons. The van der Waals surface area contributed by atoms with Crippen LogP contribution in [0.3, 0.4) is 0 Å². The van der Waals surface area contributed by atoms with Crippen LogP contribution in [0.5, 0.6) is 0 Å². The lowest BCUT2D eigenvalue weighted by atomic mass is 10.0. The molecular weight excluding hydrogens is 256 g/mol. The van der Waals surface area contributed by atoms with Gasteiger partial charge in [0.2, 0.25) is 0 Å². The predicted molar refractivity (Wildman–Crippen MR) is 91.6 cm³/mol. The summed E-state index contributed by atoms with van der Waals surface area (Å²) in [4.78, 5) is 2.64. The molecule has 1 unspecified atom stereocenters. The molecule has 1 aromatic rings. The molecule has 0 saturated carbocycles. The molecule has 2 heteroatoms. The smallest absolute Gasteiger partial charge is 0.0449 e. The molecule has 1 saturated heterocycles. The van der Waals surface area contributed by atoms with Crippen LogP contribution >= 0.6 is 0 Å². The van der Waals surface area contributed by atoms with E-state index in [9.17, 15) is 0 Å². The lowest BCUT2D eigenvalue weighted by Gasteiger charge is -2.34. The van der Waals surface area contributed by atoms with Crippen LogP contribution in [0.2, 0.25) is 0 Å². The van der Waals surface area contributed by atoms with Crippen LogP contribution in [0.1, 0.15) is 63.5 Å². The van der Waals surface area contributed by atoms with Crippen molar-refractivity contribution in [3.05, 3.63) is 35.9 Å². The van der Waals surface area contributed by atoms with E-state index in [0.29, 0.717) is 6.04 Å². The molecule has 0 bridgehead atoms. The Labute approximate surface area is 130 Å². The first-order chi connectivity index (χ1) is 10.4. The lowest BCUT2D eigenvalue weighted by Crippen LogP contribution is -2.45. The van der Waals surface area contributed by atoms with Gasteiger partial charge in [-0.1, -0.05) is 75.8 Å². The van der Waals surface area contributed by atoms with Crippen molar-refractivity contribution in [3.8, 4) is 0 Å². The van der Waals surface area contributed by atoms with E-state index in [1.54, 1.807) is 0 Å². The Morgan fingerprint density at radius 2 is 1.71 bits per heavy atom. The second-order valence-corrected chi connectivity index (χ2v) is 6.34. The first-order valence-electron chi connectivity index (χ1n) is 8.91. The second kappa shape index (κ2) is 9.97. The maximum absolute atomic E-state index is 3.65. The Bertz CT molecular complexity index is 363. The summed E-state index contributed by atoms with van der Waals surface area (Å²) in [6.07, 6.45) is 9.83. The highest BCUT2D eigenvalue weighted by Gasteiger charge is 2.19. The summed E-state index contributed by atoms with van der Waals surface area (Å²) >= 11 is 0. The predicted octanol–water partition coefficient (Wildman–Crippen LogP) is 4.38. The van der Waals surface area contributed by atoms with Crippen LogP contribution in [-0.2, 0) is 0 Å². The van der Waals surface area contributed by atoms with E-state index in [2.05, 4.69) is 47.5 Å². The number of hydrogen-bond donors (Lipinski definition) is 1. The molecule has 1 heterocycles. The third-order valence-corrected chi connectivity index (χ3v) is 4.54. The quantitative estimate of drug-likeness (QED) is 0.678. The maximum Gasteiger partial charge on any atom is 0.0449 e. The van der Waals surface area contributed by atoms with Gasteiger partial charge in [0.25, 0.3) is 0 Å². The minimum absolute atomic E-state index is 0.518. The largest absolute Gasteiger partial charge is 0.308 e. The maximum atomic E-state index is 3.65. The van der Waals surface area contributed by atoms with Crippen molar-refractivity contribution >= 4 is 0 Å². The zero-order valence-corrected chi connectivity index (χ0v) is 13.7. The lowest BCUT2D eigenvalue weighted by molar-refractivity contribution is 0.197. The average Bonchev–Trinajstić information content (AvgIpc) is 2.55. The Hall–Kier alpha value is -0.860. The van der Waals surface area contributed by atoms with Gasteiger partial charge in [0.15, 0.2) is 0 Å². The van der Waals surface area contributed by atoms with Gasteiger partial charge < -0.3 is 10.2 Å². The van der Waals surface area contributed by atoms with Crippen LogP contribution in [-0.4, -0.2) is 31.1 Å². The Kier molecular flexibility index (Phi) is 7.83. The fourth-order valence-electron chi connectivity index (χ4n) is 3.22. The molecule has 1 aliphatic rings. The van der Waals surface area contributed by atoms with Crippen molar-refractivity contribution in [1.82, 2.24) is 10.2 Å². The molecule has 21 heavy (non-hydrogen) atoms. The Balaban J connectivity index is 1.61. The fourth-order valence-corrected chi connectivity index (χ4v) is 3.22. The minimum Gasteiger partial charge on any atom is -0.308 e. The minimum atomic E-state index is 0.518. The molecule has 0 aromatic heterocycles. The molecular formula is C19H32N2. The summed E-state index contributed by atoms with van der Waals surface area (Å²) in [5.41, 5.74) is 1.43. The zero-order chi connectivity index (χ0) is 14.8. The summed E-state index contributed by atoms with van der Waals surface area (Å²) in [5.74, 6) is 0. The van der Waals surface area contributed by atoms with E-state index < -0.39 is 0 Å². The molecule has 2 rings (SSSR count). The molecule has 1 fully saturated rings. The number of rotatable bonds is 9. The SMILES string of the molecule is CCCCCCCCCN1CCNC(c2ccccc2)C1. The Morgan fingerprint density at radius 1 is 1.00 bits per heavy atom. The summed E-state index contributed by atoms with van der Waals surface area (Å²) in [6, 6.07) is 11.4. The molecule has 2 nitrogen and oxygen atoms in total. The van der Waals surface area contributed by atoms with Crippen molar-refractivity contribution in [1.29, 1.82) is 0 Å². The molecule has 0 spiro atoms. The summed E-state index contributed by atoms with van der Waals surface area (Å²) in [5, 5.41) is 3.65. The molecule has 1 aliphatic heterocycles. The van der Waals surface area contributed by atoms with Gasteiger partial charge in [-0.2, -0.15) is 0 Å². The van der Waals surface area contributed by atoms with Crippen molar-refractivity contribution in [2.24, 2.45) is 0 Å². The number of hydrogen-bond acceptors (Lipinski definition) is 2. The van der Waals surface area contributed by atoms with Crippen LogP contribution < -0.4 is 5.32 Å². The number of nitrogens with zero attached hydrogens (tertiary/aromatic N) is 1. The number of unbranched alkanes of at least 4 members (excludes halogenated alkanes) is 6. The van der Waals surface area contributed by atoms with Crippen LogP contribution in [0.4, 0.5) is 0 Å². The van der Waals surface area contributed by atoms with Gasteiger partial charge in [-0.3, -0.25) is 0 Å². The normalized spacial score (nSPS) is 19.8. The van der Waals surface area contributed by atoms with E-state index in [0.717, 1.165) is 6.54 Å². The zero-order valence-electron chi connectivity index (χ0n) is 13.7. The van der Waals surface area contributed by atoms with Gasteiger partial charge in [-0.05, 0) is 18.5 Å². The standard InChI is InChI=1S/C19H32N2/c1-2-3-4-5-6-7-11-15-21-16-14-20-19(17-21)18-12-9-8-10-13-18/h8-10,12-13,19-20H,2-7,11,14-17H2,1H3. The third kappa shape index (κ3) is 6.19. The van der Waals surface area contributed by atoms with E-state index >= 15 is 0 Å². The van der Waals surface area contributed by atoms with Gasteiger partial charge >= 0.3 is 0 Å².